The highest BCUT2D eigenvalue weighted by atomic mass is 79.9. The number of carbonyl (C=O) groups is 1. The van der Waals surface area contributed by atoms with Crippen molar-refractivity contribution in [3.8, 4) is 0 Å². The fraction of sp³-hybridized carbons (Fsp3) is 0.154. The zero-order valence-electron chi connectivity index (χ0n) is 10.1. The highest BCUT2D eigenvalue weighted by Gasteiger charge is 2.14. The fourth-order valence-corrected chi connectivity index (χ4v) is 3.15. The molecule has 19 heavy (non-hydrogen) atoms. The maximum atomic E-state index is 10.9. The number of anilines is 1. The van der Waals surface area contributed by atoms with Crippen LogP contribution in [0.1, 0.15) is 21.9 Å². The number of aromatic carboxylic acids is 1. The molecule has 0 amide bonds. The van der Waals surface area contributed by atoms with Crippen molar-refractivity contribution in [2.45, 2.75) is 17.6 Å². The molecule has 0 saturated heterocycles. The number of rotatable bonds is 4. The molecule has 0 aliphatic carbocycles. The van der Waals surface area contributed by atoms with Crippen molar-refractivity contribution in [3.63, 3.8) is 0 Å². The van der Waals surface area contributed by atoms with E-state index in [1.807, 2.05) is 18.2 Å². The van der Waals surface area contributed by atoms with E-state index in [1.165, 1.54) is 0 Å². The Morgan fingerprint density at radius 1 is 1.47 bits per heavy atom. The minimum atomic E-state index is -0.967. The minimum absolute atomic E-state index is 0.215. The van der Waals surface area contributed by atoms with Crippen LogP contribution in [0.3, 0.4) is 0 Å². The summed E-state index contributed by atoms with van der Waals surface area (Å²) in [7, 11) is 0. The molecule has 0 aliphatic heterocycles. The molecule has 1 aromatic heterocycles. The number of nitrogen functional groups attached to an aromatic ring is 1. The largest absolute Gasteiger partial charge is 0.478 e. The van der Waals surface area contributed by atoms with Gasteiger partial charge in [-0.15, -0.1) is 11.8 Å². The lowest BCUT2D eigenvalue weighted by atomic mass is 10.2. The average Bonchev–Trinajstić information content (AvgIpc) is 2.69. The van der Waals surface area contributed by atoms with Gasteiger partial charge in [0.2, 0.25) is 0 Å². The van der Waals surface area contributed by atoms with Gasteiger partial charge >= 0.3 is 5.97 Å². The van der Waals surface area contributed by atoms with Gasteiger partial charge in [0.1, 0.15) is 17.1 Å². The zero-order valence-corrected chi connectivity index (χ0v) is 12.5. The van der Waals surface area contributed by atoms with Crippen LogP contribution in [-0.4, -0.2) is 11.1 Å². The summed E-state index contributed by atoms with van der Waals surface area (Å²) in [6, 6.07) is 7.13. The number of hydrogen-bond donors (Lipinski definition) is 2. The van der Waals surface area contributed by atoms with E-state index in [2.05, 4.69) is 15.9 Å². The summed E-state index contributed by atoms with van der Waals surface area (Å²) in [4.78, 5) is 11.9. The smallest absolute Gasteiger partial charge is 0.339 e. The first-order valence-electron chi connectivity index (χ1n) is 5.48. The van der Waals surface area contributed by atoms with E-state index in [1.54, 1.807) is 24.8 Å². The number of thioether (sulfide) groups is 1. The van der Waals surface area contributed by atoms with E-state index in [-0.39, 0.29) is 5.56 Å². The van der Waals surface area contributed by atoms with E-state index in [0.29, 0.717) is 23.0 Å². The maximum Gasteiger partial charge on any atom is 0.339 e. The zero-order chi connectivity index (χ0) is 14.0. The molecule has 0 bridgehead atoms. The summed E-state index contributed by atoms with van der Waals surface area (Å²) in [5, 5.41) is 8.95. The molecule has 0 fully saturated rings. The lowest BCUT2D eigenvalue weighted by molar-refractivity contribution is 0.0695. The normalized spacial score (nSPS) is 10.6. The standard InChI is InChI=1S/C13H12BrNO3S/c1-7-10(13(16)17)5-9(18-7)6-19-12-3-2-8(15)4-11(12)14/h2-5H,6,15H2,1H3,(H,16,17). The van der Waals surface area contributed by atoms with Crippen LogP contribution in [-0.2, 0) is 5.75 Å². The topological polar surface area (TPSA) is 76.5 Å². The van der Waals surface area contributed by atoms with Crippen LogP contribution < -0.4 is 5.73 Å². The van der Waals surface area contributed by atoms with Gasteiger partial charge in [0, 0.05) is 15.1 Å². The second kappa shape index (κ2) is 5.71. The van der Waals surface area contributed by atoms with Gasteiger partial charge < -0.3 is 15.3 Å². The lowest BCUT2D eigenvalue weighted by Crippen LogP contribution is -1.94. The molecule has 1 aromatic carbocycles. The van der Waals surface area contributed by atoms with Gasteiger partial charge in [-0.25, -0.2) is 4.79 Å². The molecule has 0 unspecified atom stereocenters. The van der Waals surface area contributed by atoms with Gasteiger partial charge in [-0.2, -0.15) is 0 Å². The van der Waals surface area contributed by atoms with Crippen molar-refractivity contribution in [1.29, 1.82) is 0 Å². The van der Waals surface area contributed by atoms with Crippen LogP contribution in [0.25, 0.3) is 0 Å². The first-order valence-corrected chi connectivity index (χ1v) is 7.25. The Hall–Kier alpha value is -1.40. The first-order chi connectivity index (χ1) is 8.97. The molecule has 0 aliphatic rings. The van der Waals surface area contributed by atoms with Gasteiger partial charge in [-0.05, 0) is 47.1 Å². The second-order valence-electron chi connectivity index (χ2n) is 3.97. The van der Waals surface area contributed by atoms with E-state index in [0.717, 1.165) is 9.37 Å². The minimum Gasteiger partial charge on any atom is -0.478 e. The number of aryl methyl sites for hydroxylation is 1. The van der Waals surface area contributed by atoms with Crippen LogP contribution >= 0.6 is 27.7 Å². The van der Waals surface area contributed by atoms with Gasteiger partial charge in [-0.1, -0.05) is 0 Å². The maximum absolute atomic E-state index is 10.9. The Balaban J connectivity index is 2.10. The van der Waals surface area contributed by atoms with Crippen molar-refractivity contribution in [1.82, 2.24) is 0 Å². The molecule has 1 heterocycles. The van der Waals surface area contributed by atoms with Gasteiger partial charge in [0.15, 0.2) is 0 Å². The van der Waals surface area contributed by atoms with E-state index in [9.17, 15) is 4.79 Å². The number of hydrogen-bond acceptors (Lipinski definition) is 4. The van der Waals surface area contributed by atoms with Gasteiger partial charge in [0.05, 0.1) is 5.75 Å². The summed E-state index contributed by atoms with van der Waals surface area (Å²) < 4.78 is 6.34. The van der Waals surface area contributed by atoms with E-state index >= 15 is 0 Å². The summed E-state index contributed by atoms with van der Waals surface area (Å²) in [6.45, 7) is 1.65. The highest BCUT2D eigenvalue weighted by molar-refractivity contribution is 9.10. The van der Waals surface area contributed by atoms with Crippen molar-refractivity contribution in [3.05, 3.63) is 45.8 Å². The lowest BCUT2D eigenvalue weighted by Gasteiger charge is -2.03. The Morgan fingerprint density at radius 3 is 2.79 bits per heavy atom. The molecule has 3 N–H and O–H groups in total. The second-order valence-corrected chi connectivity index (χ2v) is 5.84. The number of nitrogens with two attached hydrogens (primary N) is 1. The Bertz CT molecular complexity index is 624. The fourth-order valence-electron chi connectivity index (χ4n) is 1.61. The molecule has 0 saturated carbocycles. The number of carboxylic acid groups (broad SMARTS) is 1. The van der Waals surface area contributed by atoms with Crippen LogP contribution in [0.2, 0.25) is 0 Å². The molecule has 2 aromatic rings. The molecule has 2 rings (SSSR count). The molecule has 0 spiro atoms. The third kappa shape index (κ3) is 3.33. The summed E-state index contributed by atoms with van der Waals surface area (Å²) >= 11 is 4.99. The van der Waals surface area contributed by atoms with E-state index < -0.39 is 5.97 Å². The van der Waals surface area contributed by atoms with Gasteiger partial charge in [-0.3, -0.25) is 0 Å². The van der Waals surface area contributed by atoms with Crippen molar-refractivity contribution in [2.24, 2.45) is 0 Å². The highest BCUT2D eigenvalue weighted by Crippen LogP contribution is 2.32. The third-order valence-corrected chi connectivity index (χ3v) is 4.54. The van der Waals surface area contributed by atoms with Crippen molar-refractivity contribution < 1.29 is 14.3 Å². The van der Waals surface area contributed by atoms with Crippen molar-refractivity contribution in [2.75, 3.05) is 5.73 Å². The summed E-state index contributed by atoms with van der Waals surface area (Å²) in [6.07, 6.45) is 0. The monoisotopic (exact) mass is 341 g/mol. The van der Waals surface area contributed by atoms with Gasteiger partial charge in [0.25, 0.3) is 0 Å². The van der Waals surface area contributed by atoms with E-state index in [4.69, 9.17) is 15.3 Å². The molecular weight excluding hydrogens is 330 g/mol. The van der Waals surface area contributed by atoms with Crippen LogP contribution in [0.5, 0.6) is 0 Å². The van der Waals surface area contributed by atoms with Crippen molar-refractivity contribution >= 4 is 39.3 Å². The summed E-state index contributed by atoms with van der Waals surface area (Å²) in [5.74, 6) is 0.672. The molecule has 4 nitrogen and oxygen atoms in total. The Labute approximate surface area is 123 Å². The quantitative estimate of drug-likeness (QED) is 0.650. The first kappa shape index (κ1) is 14.0. The predicted molar refractivity (Wildman–Crippen MR) is 78.5 cm³/mol. The number of benzene rings is 1. The van der Waals surface area contributed by atoms with Crippen LogP contribution in [0.15, 0.2) is 38.1 Å². The number of carboxylic acids is 1. The molecule has 100 valence electrons. The number of halogens is 1. The molecular formula is C13H12BrNO3S. The molecule has 0 radical (unpaired) electrons. The third-order valence-electron chi connectivity index (χ3n) is 2.53. The van der Waals surface area contributed by atoms with Crippen LogP contribution in [0.4, 0.5) is 5.69 Å². The Kier molecular flexibility index (Phi) is 4.21. The SMILES string of the molecule is Cc1oc(CSc2ccc(N)cc2Br)cc1C(=O)O. The molecule has 6 heteroatoms. The average molecular weight is 342 g/mol. The number of furan rings is 1. The van der Waals surface area contributed by atoms with Crippen LogP contribution in [0, 0.1) is 6.92 Å². The summed E-state index contributed by atoms with van der Waals surface area (Å²) in [5.41, 5.74) is 6.58. The molecule has 0 atom stereocenters. The predicted octanol–water partition coefficient (Wildman–Crippen LogP) is 3.92. The Morgan fingerprint density at radius 2 is 2.21 bits per heavy atom.